The van der Waals surface area contributed by atoms with Gasteiger partial charge in [0.05, 0.1) is 0 Å². The van der Waals surface area contributed by atoms with Crippen LogP contribution in [0.25, 0.3) is 11.1 Å². The Morgan fingerprint density at radius 1 is 0.786 bits per heavy atom. The Balaban J connectivity index is 0.00000140. The number of nitrogens with one attached hydrogen (secondary N) is 1. The summed E-state index contributed by atoms with van der Waals surface area (Å²) >= 11 is -2.23. The third kappa shape index (κ3) is 4.36. The number of carbonyl (C=O) groups is 1. The van der Waals surface area contributed by atoms with E-state index in [1.165, 1.54) is 22.3 Å². The maximum atomic E-state index is 12.9. The Morgan fingerprint density at radius 2 is 1.25 bits per heavy atom. The molecule has 0 atom stereocenters. The van der Waals surface area contributed by atoms with E-state index in [-0.39, 0.29) is 30.7 Å². The van der Waals surface area contributed by atoms with Crippen molar-refractivity contribution in [2.75, 3.05) is 0 Å². The fourth-order valence-corrected chi connectivity index (χ4v) is 19.0. The summed E-state index contributed by atoms with van der Waals surface area (Å²) in [7, 11) is 0. The first-order chi connectivity index (χ1) is 12.7. The Labute approximate surface area is 188 Å². The average Bonchev–Trinajstić information content (AvgIpc) is 3.01. The molecule has 0 bridgehead atoms. The van der Waals surface area contributed by atoms with E-state index >= 15 is 0 Å². The molecule has 28 heavy (non-hydrogen) atoms. The number of rotatable bonds is 4. The number of fused-ring (bicyclic) bond motifs is 3. The van der Waals surface area contributed by atoms with Crippen LogP contribution in [0.1, 0.15) is 25.1 Å². The zero-order chi connectivity index (χ0) is 18.1. The van der Waals surface area contributed by atoms with Crippen molar-refractivity contribution in [1.29, 1.82) is 0 Å². The molecule has 0 aliphatic heterocycles. The van der Waals surface area contributed by atoms with E-state index in [0.717, 1.165) is 5.56 Å². The van der Waals surface area contributed by atoms with E-state index < -0.39 is 27.1 Å². The standard InChI is InChI=1S/C13H9.C7H7NO.C2H7Si.2ClH.Zr/c1-3-7-12-10(5-1)9-11-6-2-4-8-13(11)12;8-7(9)6-4-2-1-3-5-6;1-3-2;;;/h1-9H;1-5H,(H2,8,9);3H,1-2H3;2*1H;/q;;;;;+3/p-3. The largest absolute Gasteiger partial charge is 1.00 e. The van der Waals surface area contributed by atoms with Gasteiger partial charge in [-0.25, -0.2) is 0 Å². The molecule has 1 N–H and O–H groups in total. The van der Waals surface area contributed by atoms with Crippen LogP contribution >= 0.6 is 0 Å². The second-order valence-corrected chi connectivity index (χ2v) is 25.8. The maximum absolute atomic E-state index is 12.9. The number of benzene rings is 3. The first kappa shape index (κ1) is 23.1. The fraction of sp³-hybridized carbons (Fsp3) is 0.136. The van der Waals surface area contributed by atoms with E-state index in [9.17, 15) is 4.79 Å². The zero-order valence-corrected chi connectivity index (χ0v) is 20.9. The van der Waals surface area contributed by atoms with Crippen LogP contribution in [0, 0.1) is 0 Å². The fourth-order valence-electron chi connectivity index (χ4n) is 3.83. The number of amides is 1. The second kappa shape index (κ2) is 10.0. The van der Waals surface area contributed by atoms with Crippen LogP contribution in [0.3, 0.4) is 0 Å². The van der Waals surface area contributed by atoms with Crippen molar-refractivity contribution in [3.8, 4) is 11.1 Å². The Hall–Kier alpha value is -1.19. The Morgan fingerprint density at radius 3 is 1.75 bits per heavy atom. The smallest absolute Gasteiger partial charge is 1.00 e. The van der Waals surface area contributed by atoms with Gasteiger partial charge in [-0.05, 0) is 0 Å². The third-order valence-electron chi connectivity index (χ3n) is 5.06. The van der Waals surface area contributed by atoms with E-state index in [4.69, 9.17) is 0 Å². The molecule has 4 rings (SSSR count). The molecule has 1 aliphatic carbocycles. The molecule has 0 aromatic heterocycles. The summed E-state index contributed by atoms with van der Waals surface area (Å²) < 4.78 is 4.01. The first-order valence-electron chi connectivity index (χ1n) is 9.08. The van der Waals surface area contributed by atoms with Crippen LogP contribution in [-0.4, -0.2) is 11.8 Å². The summed E-state index contributed by atoms with van der Waals surface area (Å²) in [4.78, 5) is 12.9. The molecule has 0 radical (unpaired) electrons. The summed E-state index contributed by atoms with van der Waals surface area (Å²) in [6.45, 7) is 4.81. The molecule has 0 fully saturated rings. The number of hydrogen-bond donors (Lipinski definition) is 1. The average molecular weight is 507 g/mol. The van der Waals surface area contributed by atoms with Crippen LogP contribution in [0.4, 0.5) is 0 Å². The van der Waals surface area contributed by atoms with E-state index in [1.807, 2.05) is 30.3 Å². The van der Waals surface area contributed by atoms with Crippen molar-refractivity contribution in [2.45, 2.75) is 16.7 Å². The number of hydrogen-bond acceptors (Lipinski definition) is 1. The quantitative estimate of drug-likeness (QED) is 0.439. The number of carbonyl (C=O) groups excluding carboxylic acids is 1. The van der Waals surface area contributed by atoms with Crippen molar-refractivity contribution >= 4 is 11.8 Å². The van der Waals surface area contributed by atoms with Gasteiger partial charge in [0.1, 0.15) is 0 Å². The molecule has 6 heteroatoms. The molecule has 0 unspecified atom stereocenters. The zero-order valence-electron chi connectivity index (χ0n) is 15.8. The van der Waals surface area contributed by atoms with Gasteiger partial charge in [0.25, 0.3) is 0 Å². The molecule has 1 amide bonds. The number of halogens is 2. The Kier molecular flexibility index (Phi) is 8.27. The first-order valence-corrected chi connectivity index (χ1v) is 18.9. The van der Waals surface area contributed by atoms with Crippen LogP contribution in [0.5, 0.6) is 0 Å². The van der Waals surface area contributed by atoms with Gasteiger partial charge in [0, 0.05) is 0 Å². The van der Waals surface area contributed by atoms with Gasteiger partial charge in [-0.15, -0.1) is 0 Å². The molecule has 143 valence electrons. The van der Waals surface area contributed by atoms with Crippen molar-refractivity contribution in [2.24, 2.45) is 0 Å². The normalized spacial score (nSPS) is 11.7. The summed E-state index contributed by atoms with van der Waals surface area (Å²) in [5.41, 5.74) is 6.35. The molecule has 0 saturated carbocycles. The van der Waals surface area contributed by atoms with Gasteiger partial charge in [0.15, 0.2) is 0 Å². The van der Waals surface area contributed by atoms with Crippen LogP contribution in [-0.2, 0) is 21.2 Å². The molecule has 3 aromatic rings. The van der Waals surface area contributed by atoms with Crippen molar-refractivity contribution in [3.05, 3.63) is 95.6 Å². The van der Waals surface area contributed by atoms with Crippen molar-refractivity contribution in [3.63, 3.8) is 0 Å². The minimum absolute atomic E-state index is 0. The molecule has 0 saturated heterocycles. The molecule has 1 aliphatic rings. The van der Waals surface area contributed by atoms with Crippen molar-refractivity contribution in [1.82, 2.24) is 3.26 Å². The maximum Gasteiger partial charge on any atom is -1.00 e. The second-order valence-electron chi connectivity index (χ2n) is 7.04. The van der Waals surface area contributed by atoms with Gasteiger partial charge in [-0.3, -0.25) is 0 Å². The van der Waals surface area contributed by atoms with E-state index in [0.29, 0.717) is 3.63 Å². The molecule has 0 heterocycles. The molecular formula is C22H22Cl2NOSiZr. The van der Waals surface area contributed by atoms with Crippen LogP contribution in [0.2, 0.25) is 13.1 Å². The summed E-state index contributed by atoms with van der Waals surface area (Å²) in [6, 6.07) is 27.2. The van der Waals surface area contributed by atoms with Gasteiger partial charge in [0.2, 0.25) is 0 Å². The predicted molar refractivity (Wildman–Crippen MR) is 107 cm³/mol. The van der Waals surface area contributed by atoms with Crippen LogP contribution in [0.15, 0.2) is 78.9 Å². The summed E-state index contributed by atoms with van der Waals surface area (Å²) in [5.74, 6) is -0.857. The van der Waals surface area contributed by atoms with E-state index in [1.54, 1.807) is 0 Å². The Bertz CT molecular complexity index is 907. The van der Waals surface area contributed by atoms with Gasteiger partial charge >= 0.3 is 164 Å². The van der Waals surface area contributed by atoms with E-state index in [2.05, 4.69) is 64.9 Å². The van der Waals surface area contributed by atoms with Gasteiger partial charge < -0.3 is 24.8 Å². The minimum atomic E-state index is -2.23. The summed E-state index contributed by atoms with van der Waals surface area (Å²) in [6.07, 6.45) is 0. The molecule has 2 nitrogen and oxygen atoms in total. The topological polar surface area (TPSA) is 29.1 Å². The molecule has 3 aromatic carbocycles. The molecule has 0 spiro atoms. The predicted octanol–water partition coefficient (Wildman–Crippen LogP) is -1.29. The van der Waals surface area contributed by atoms with Gasteiger partial charge in [-0.1, -0.05) is 0 Å². The minimum Gasteiger partial charge on any atom is -1.00 e. The SMILES string of the molecule is C[SiH](C)[Zr+2]([NH]C(=O)c1ccccc1)[CH]1c2ccccc2-c2ccccc21.[Cl-].[Cl-]. The van der Waals surface area contributed by atoms with Gasteiger partial charge in [-0.2, -0.15) is 0 Å². The van der Waals surface area contributed by atoms with Crippen LogP contribution < -0.4 is 28.1 Å². The third-order valence-corrected chi connectivity index (χ3v) is 22.6. The van der Waals surface area contributed by atoms with Crippen molar-refractivity contribution < 1.29 is 50.8 Å². The monoisotopic (exact) mass is 504 g/mol. The summed E-state index contributed by atoms with van der Waals surface area (Å²) in [5, 5.41) is 0. The molecular weight excluding hydrogens is 484 g/mol.